The van der Waals surface area contributed by atoms with Gasteiger partial charge in [-0.3, -0.25) is 0 Å². The summed E-state index contributed by atoms with van der Waals surface area (Å²) in [5.74, 6) is 0.530. The third kappa shape index (κ3) is 2.19. The second kappa shape index (κ2) is 4.82. The summed E-state index contributed by atoms with van der Waals surface area (Å²) in [4.78, 5) is 3.06. The molecule has 6 nitrogen and oxygen atoms in total. The first-order valence-electron chi connectivity index (χ1n) is 6.05. The molecular formula is C13H15NO5. The van der Waals surface area contributed by atoms with Gasteiger partial charge in [0.2, 0.25) is 6.29 Å². The summed E-state index contributed by atoms with van der Waals surface area (Å²) < 4.78 is 10.8. The summed E-state index contributed by atoms with van der Waals surface area (Å²) in [5.41, 5.74) is 0.980. The maximum Gasteiger partial charge on any atom is 0.229 e. The van der Waals surface area contributed by atoms with E-state index >= 15 is 0 Å². The number of hydrogen-bond donors (Lipinski definition) is 4. The van der Waals surface area contributed by atoms with Gasteiger partial charge in [-0.15, -0.1) is 0 Å². The van der Waals surface area contributed by atoms with Crippen LogP contribution in [0.1, 0.15) is 0 Å². The van der Waals surface area contributed by atoms with Gasteiger partial charge in [-0.25, -0.2) is 0 Å². The van der Waals surface area contributed by atoms with E-state index in [2.05, 4.69) is 4.98 Å². The highest BCUT2D eigenvalue weighted by Crippen LogP contribution is 2.26. The van der Waals surface area contributed by atoms with Crippen molar-refractivity contribution >= 4 is 10.9 Å². The zero-order valence-electron chi connectivity index (χ0n) is 10.1. The predicted molar refractivity (Wildman–Crippen MR) is 66.7 cm³/mol. The Balaban J connectivity index is 1.77. The van der Waals surface area contributed by atoms with E-state index in [4.69, 9.17) is 14.6 Å². The van der Waals surface area contributed by atoms with Crippen LogP contribution in [0.4, 0.5) is 0 Å². The number of fused-ring (bicyclic) bond motifs is 1. The fourth-order valence-corrected chi connectivity index (χ4v) is 2.20. The average Bonchev–Trinajstić information content (AvgIpc) is 2.98. The number of aromatic amines is 1. The standard InChI is InChI=1S/C13H15NO5/c15-6-10-11(16)12(17)13(19-10)18-8-1-2-9-7(5-8)3-4-14-9/h1-5,10-17H,6H2/t10-,11+,12-,13?/m1/s1. The number of aliphatic hydroxyl groups is 3. The van der Waals surface area contributed by atoms with Crippen LogP contribution in [0.25, 0.3) is 10.9 Å². The minimum Gasteiger partial charge on any atom is -0.462 e. The van der Waals surface area contributed by atoms with Crippen LogP contribution in [0, 0.1) is 0 Å². The fourth-order valence-electron chi connectivity index (χ4n) is 2.20. The number of aromatic nitrogens is 1. The first-order valence-corrected chi connectivity index (χ1v) is 6.05. The molecule has 4 atom stereocenters. The molecule has 0 saturated carbocycles. The van der Waals surface area contributed by atoms with E-state index in [0.717, 1.165) is 10.9 Å². The molecule has 19 heavy (non-hydrogen) atoms. The molecule has 1 aliphatic heterocycles. The number of nitrogens with one attached hydrogen (secondary N) is 1. The second-order valence-electron chi connectivity index (χ2n) is 4.55. The highest BCUT2D eigenvalue weighted by Gasteiger charge is 2.43. The molecule has 0 spiro atoms. The summed E-state index contributed by atoms with van der Waals surface area (Å²) in [6, 6.07) is 7.31. The van der Waals surface area contributed by atoms with E-state index in [1.165, 1.54) is 0 Å². The highest BCUT2D eigenvalue weighted by molar-refractivity contribution is 5.80. The SMILES string of the molecule is OC[C@H]1OC(Oc2ccc3[nH]ccc3c2)[C@H](O)[C@H]1O. The van der Waals surface area contributed by atoms with E-state index in [9.17, 15) is 10.2 Å². The van der Waals surface area contributed by atoms with Crippen molar-refractivity contribution in [2.45, 2.75) is 24.6 Å². The number of ether oxygens (including phenoxy) is 2. The minimum absolute atomic E-state index is 0.366. The summed E-state index contributed by atoms with van der Waals surface area (Å²) in [5, 5.41) is 29.4. The van der Waals surface area contributed by atoms with E-state index in [1.54, 1.807) is 12.1 Å². The van der Waals surface area contributed by atoms with Crippen LogP contribution in [0.2, 0.25) is 0 Å². The quantitative estimate of drug-likeness (QED) is 0.626. The van der Waals surface area contributed by atoms with Crippen molar-refractivity contribution in [2.24, 2.45) is 0 Å². The third-order valence-electron chi connectivity index (χ3n) is 3.28. The Morgan fingerprint density at radius 2 is 2.05 bits per heavy atom. The second-order valence-corrected chi connectivity index (χ2v) is 4.55. The van der Waals surface area contributed by atoms with Crippen molar-refractivity contribution in [3.8, 4) is 5.75 Å². The molecule has 4 N–H and O–H groups in total. The van der Waals surface area contributed by atoms with Crippen LogP contribution in [0.3, 0.4) is 0 Å². The van der Waals surface area contributed by atoms with Crippen molar-refractivity contribution in [3.05, 3.63) is 30.5 Å². The van der Waals surface area contributed by atoms with Crippen molar-refractivity contribution < 1.29 is 24.8 Å². The van der Waals surface area contributed by atoms with Crippen LogP contribution in [0.5, 0.6) is 5.75 Å². The maximum atomic E-state index is 9.78. The zero-order chi connectivity index (χ0) is 13.4. The molecule has 1 fully saturated rings. The molecule has 1 aromatic heterocycles. The van der Waals surface area contributed by atoms with Gasteiger partial charge in [-0.1, -0.05) is 0 Å². The number of hydrogen-bond acceptors (Lipinski definition) is 5. The molecule has 0 bridgehead atoms. The topological polar surface area (TPSA) is 94.9 Å². The van der Waals surface area contributed by atoms with Crippen LogP contribution in [-0.2, 0) is 4.74 Å². The van der Waals surface area contributed by atoms with Gasteiger partial charge in [0.05, 0.1) is 6.61 Å². The molecule has 0 amide bonds. The zero-order valence-corrected chi connectivity index (χ0v) is 10.1. The molecule has 1 unspecified atom stereocenters. The number of benzene rings is 1. The van der Waals surface area contributed by atoms with Crippen LogP contribution in [-0.4, -0.2) is 51.5 Å². The molecule has 102 valence electrons. The largest absolute Gasteiger partial charge is 0.462 e. The number of aliphatic hydroxyl groups excluding tert-OH is 3. The van der Waals surface area contributed by atoms with Crippen molar-refractivity contribution in [3.63, 3.8) is 0 Å². The van der Waals surface area contributed by atoms with Gasteiger partial charge >= 0.3 is 0 Å². The van der Waals surface area contributed by atoms with Crippen molar-refractivity contribution in [1.82, 2.24) is 4.98 Å². The van der Waals surface area contributed by atoms with E-state index in [-0.39, 0.29) is 6.61 Å². The first kappa shape index (κ1) is 12.4. The van der Waals surface area contributed by atoms with Crippen LogP contribution < -0.4 is 4.74 Å². The summed E-state index contributed by atoms with van der Waals surface area (Å²) in [6.45, 7) is -0.366. The van der Waals surface area contributed by atoms with Gasteiger partial charge in [0, 0.05) is 17.1 Å². The summed E-state index contributed by atoms with van der Waals surface area (Å²) in [6.07, 6.45) is -2.31. The Hall–Kier alpha value is -1.60. The van der Waals surface area contributed by atoms with Crippen molar-refractivity contribution in [2.75, 3.05) is 6.61 Å². The van der Waals surface area contributed by atoms with Gasteiger partial charge in [0.1, 0.15) is 24.1 Å². The first-order chi connectivity index (χ1) is 9.19. The summed E-state index contributed by atoms with van der Waals surface area (Å²) in [7, 11) is 0. The molecule has 3 rings (SSSR count). The molecule has 2 aromatic rings. The van der Waals surface area contributed by atoms with Crippen LogP contribution in [0.15, 0.2) is 30.5 Å². The Labute approximate surface area is 109 Å². The Bertz CT molecular complexity index is 569. The van der Waals surface area contributed by atoms with Gasteiger partial charge < -0.3 is 29.8 Å². The van der Waals surface area contributed by atoms with Gasteiger partial charge in [0.15, 0.2) is 0 Å². The smallest absolute Gasteiger partial charge is 0.229 e. The third-order valence-corrected chi connectivity index (χ3v) is 3.28. The van der Waals surface area contributed by atoms with E-state index in [0.29, 0.717) is 5.75 Å². The predicted octanol–water partition coefficient (Wildman–Crippen LogP) is -0.0143. The molecular weight excluding hydrogens is 250 g/mol. The normalized spacial score (nSPS) is 30.9. The van der Waals surface area contributed by atoms with Crippen molar-refractivity contribution in [1.29, 1.82) is 0 Å². The van der Waals surface area contributed by atoms with Gasteiger partial charge in [0.25, 0.3) is 0 Å². The van der Waals surface area contributed by atoms with Gasteiger partial charge in [-0.2, -0.15) is 0 Å². The summed E-state index contributed by atoms with van der Waals surface area (Å²) >= 11 is 0. The monoisotopic (exact) mass is 265 g/mol. The molecule has 0 aliphatic carbocycles. The molecule has 1 aliphatic rings. The average molecular weight is 265 g/mol. The maximum absolute atomic E-state index is 9.78. The van der Waals surface area contributed by atoms with Gasteiger partial charge in [-0.05, 0) is 24.3 Å². The molecule has 1 saturated heterocycles. The Morgan fingerprint density at radius 1 is 1.21 bits per heavy atom. The Morgan fingerprint density at radius 3 is 2.79 bits per heavy atom. The lowest BCUT2D eigenvalue weighted by Gasteiger charge is -2.16. The van der Waals surface area contributed by atoms with E-state index < -0.39 is 24.6 Å². The highest BCUT2D eigenvalue weighted by atomic mass is 16.7. The molecule has 0 radical (unpaired) electrons. The lowest BCUT2D eigenvalue weighted by molar-refractivity contribution is -0.116. The lowest BCUT2D eigenvalue weighted by Crippen LogP contribution is -2.35. The minimum atomic E-state index is -1.18. The molecule has 6 heteroatoms. The fraction of sp³-hybridized carbons (Fsp3) is 0.385. The number of rotatable bonds is 3. The molecule has 2 heterocycles. The lowest BCUT2D eigenvalue weighted by atomic mass is 10.1. The Kier molecular flexibility index (Phi) is 3.16. The molecule has 1 aromatic carbocycles. The van der Waals surface area contributed by atoms with Crippen LogP contribution >= 0.6 is 0 Å². The number of H-pyrrole nitrogens is 1. The van der Waals surface area contributed by atoms with E-state index in [1.807, 2.05) is 18.3 Å².